The second kappa shape index (κ2) is 5.72. The largest absolute Gasteiger partial charge is 0.251 e. The van der Waals surface area contributed by atoms with Gasteiger partial charge in [0.05, 0.1) is 22.6 Å². The highest BCUT2D eigenvalue weighted by Gasteiger charge is 2.06. The summed E-state index contributed by atoms with van der Waals surface area (Å²) >= 11 is 0. The fourth-order valence-electron chi connectivity index (χ4n) is 2.70. The Morgan fingerprint density at radius 3 is 2.18 bits per heavy atom. The molecule has 110 valence electrons. The van der Waals surface area contributed by atoms with Crippen molar-refractivity contribution in [2.45, 2.75) is 27.7 Å². The lowest BCUT2D eigenvalue weighted by atomic mass is 10.1. The number of hydrogen-bond acceptors (Lipinski definition) is 2. The predicted octanol–water partition coefficient (Wildman–Crippen LogP) is 5.30. The lowest BCUT2D eigenvalue weighted by Crippen LogP contribution is -1.99. The van der Waals surface area contributed by atoms with E-state index in [1.54, 1.807) is 0 Å². The highest BCUT2D eigenvalue weighted by Crippen LogP contribution is 2.24. The third kappa shape index (κ3) is 2.64. The molecule has 0 spiro atoms. The van der Waals surface area contributed by atoms with Crippen LogP contribution in [0.15, 0.2) is 53.5 Å². The Kier molecular flexibility index (Phi) is 3.76. The molecule has 0 saturated heterocycles. The van der Waals surface area contributed by atoms with Crippen LogP contribution in [0.25, 0.3) is 10.9 Å². The van der Waals surface area contributed by atoms with Crippen LogP contribution < -0.4 is 0 Å². The highest BCUT2D eigenvalue weighted by atomic mass is 14.8. The molecule has 2 heteroatoms. The number of benzene rings is 2. The molecule has 3 aromatic rings. The standard InChI is InChI=1S/C20H20N2/c1-13-7-5-8-14(2)19(13)21-16(4)18-12-11-17-10-6-9-15(3)20(17)22-18/h5-12H,1-4H3. The number of fused-ring (bicyclic) bond motifs is 1. The van der Waals surface area contributed by atoms with Crippen molar-refractivity contribution in [2.24, 2.45) is 4.99 Å². The Bertz CT molecular complexity index is 856. The average molecular weight is 288 g/mol. The normalized spacial score (nSPS) is 11.9. The molecule has 0 N–H and O–H groups in total. The van der Waals surface area contributed by atoms with E-state index in [-0.39, 0.29) is 0 Å². The van der Waals surface area contributed by atoms with Crippen LogP contribution in [-0.4, -0.2) is 10.7 Å². The zero-order valence-electron chi connectivity index (χ0n) is 13.5. The molecule has 1 aromatic heterocycles. The van der Waals surface area contributed by atoms with Crippen LogP contribution in [0.1, 0.15) is 29.3 Å². The van der Waals surface area contributed by atoms with Gasteiger partial charge in [0, 0.05) is 5.39 Å². The summed E-state index contributed by atoms with van der Waals surface area (Å²) in [5.41, 5.74) is 7.56. The maximum absolute atomic E-state index is 4.82. The van der Waals surface area contributed by atoms with Crippen molar-refractivity contribution in [2.75, 3.05) is 0 Å². The summed E-state index contributed by atoms with van der Waals surface area (Å²) in [5, 5.41) is 1.17. The first-order chi connectivity index (χ1) is 10.6. The minimum Gasteiger partial charge on any atom is -0.251 e. The lowest BCUT2D eigenvalue weighted by Gasteiger charge is -2.08. The van der Waals surface area contributed by atoms with E-state index in [9.17, 15) is 0 Å². The Morgan fingerprint density at radius 2 is 1.45 bits per heavy atom. The quantitative estimate of drug-likeness (QED) is 0.587. The van der Waals surface area contributed by atoms with Gasteiger partial charge < -0.3 is 0 Å². The van der Waals surface area contributed by atoms with Crippen LogP contribution in [0.4, 0.5) is 5.69 Å². The van der Waals surface area contributed by atoms with Crippen LogP contribution >= 0.6 is 0 Å². The van der Waals surface area contributed by atoms with Gasteiger partial charge in [0.2, 0.25) is 0 Å². The fourth-order valence-corrected chi connectivity index (χ4v) is 2.70. The third-order valence-electron chi connectivity index (χ3n) is 4.01. The number of aliphatic imine (C=N–C) groups is 1. The first-order valence-electron chi connectivity index (χ1n) is 7.54. The van der Waals surface area contributed by atoms with Gasteiger partial charge in [-0.05, 0) is 50.5 Å². The van der Waals surface area contributed by atoms with Gasteiger partial charge in [-0.15, -0.1) is 0 Å². The maximum Gasteiger partial charge on any atom is 0.0849 e. The Morgan fingerprint density at radius 1 is 0.818 bits per heavy atom. The van der Waals surface area contributed by atoms with Crippen molar-refractivity contribution in [3.8, 4) is 0 Å². The summed E-state index contributed by atoms with van der Waals surface area (Å²) in [6.07, 6.45) is 0. The molecular weight excluding hydrogens is 268 g/mol. The second-order valence-electron chi connectivity index (χ2n) is 5.78. The van der Waals surface area contributed by atoms with Gasteiger partial charge in [0.25, 0.3) is 0 Å². The Balaban J connectivity index is 2.10. The number of aromatic nitrogens is 1. The molecule has 1 heterocycles. The number of para-hydroxylation sites is 2. The highest BCUT2D eigenvalue weighted by molar-refractivity contribution is 6.00. The van der Waals surface area contributed by atoms with Crippen molar-refractivity contribution >= 4 is 22.3 Å². The first kappa shape index (κ1) is 14.5. The van der Waals surface area contributed by atoms with Crippen LogP contribution in [0.3, 0.4) is 0 Å². The van der Waals surface area contributed by atoms with Gasteiger partial charge in [0.15, 0.2) is 0 Å². The van der Waals surface area contributed by atoms with Crippen LogP contribution in [0.2, 0.25) is 0 Å². The number of hydrogen-bond donors (Lipinski definition) is 0. The van der Waals surface area contributed by atoms with Crippen molar-refractivity contribution in [3.05, 3.63) is 70.9 Å². The summed E-state index contributed by atoms with van der Waals surface area (Å²) in [4.78, 5) is 9.62. The zero-order valence-corrected chi connectivity index (χ0v) is 13.5. The molecule has 22 heavy (non-hydrogen) atoms. The molecular formula is C20H20N2. The molecule has 2 nitrogen and oxygen atoms in total. The molecule has 0 fully saturated rings. The molecule has 0 saturated carbocycles. The summed E-state index contributed by atoms with van der Waals surface area (Å²) < 4.78 is 0. The van der Waals surface area contributed by atoms with E-state index in [1.807, 2.05) is 13.0 Å². The van der Waals surface area contributed by atoms with E-state index in [2.05, 4.69) is 63.2 Å². The molecule has 0 unspecified atom stereocenters. The molecule has 0 aliphatic heterocycles. The van der Waals surface area contributed by atoms with E-state index >= 15 is 0 Å². The fraction of sp³-hybridized carbons (Fsp3) is 0.200. The number of pyridine rings is 1. The van der Waals surface area contributed by atoms with E-state index in [4.69, 9.17) is 9.98 Å². The summed E-state index contributed by atoms with van der Waals surface area (Å²) in [6, 6.07) is 16.7. The van der Waals surface area contributed by atoms with Crippen molar-refractivity contribution < 1.29 is 0 Å². The summed E-state index contributed by atoms with van der Waals surface area (Å²) in [6.45, 7) is 8.31. The molecule has 0 radical (unpaired) electrons. The number of nitrogens with zero attached hydrogens (tertiary/aromatic N) is 2. The first-order valence-corrected chi connectivity index (χ1v) is 7.54. The smallest absolute Gasteiger partial charge is 0.0849 e. The summed E-state index contributed by atoms with van der Waals surface area (Å²) in [7, 11) is 0. The van der Waals surface area contributed by atoms with Gasteiger partial charge in [-0.1, -0.05) is 42.5 Å². The van der Waals surface area contributed by atoms with E-state index < -0.39 is 0 Å². The minimum atomic E-state index is 0.935. The van der Waals surface area contributed by atoms with Crippen molar-refractivity contribution in [3.63, 3.8) is 0 Å². The molecule has 2 aromatic carbocycles. The van der Waals surface area contributed by atoms with Crippen LogP contribution in [-0.2, 0) is 0 Å². The lowest BCUT2D eigenvalue weighted by molar-refractivity contribution is 1.29. The molecule has 0 atom stereocenters. The number of rotatable bonds is 2. The molecule has 0 aliphatic carbocycles. The van der Waals surface area contributed by atoms with E-state index in [1.165, 1.54) is 22.1 Å². The Labute approximate surface area is 131 Å². The van der Waals surface area contributed by atoms with E-state index in [0.29, 0.717) is 0 Å². The monoisotopic (exact) mass is 288 g/mol. The predicted molar refractivity (Wildman–Crippen MR) is 94.3 cm³/mol. The van der Waals surface area contributed by atoms with Gasteiger partial charge in [-0.3, -0.25) is 4.99 Å². The summed E-state index contributed by atoms with van der Waals surface area (Å²) in [5.74, 6) is 0. The van der Waals surface area contributed by atoms with Crippen LogP contribution in [0, 0.1) is 20.8 Å². The van der Waals surface area contributed by atoms with Crippen LogP contribution in [0.5, 0.6) is 0 Å². The van der Waals surface area contributed by atoms with Crippen molar-refractivity contribution in [1.29, 1.82) is 0 Å². The molecule has 0 bridgehead atoms. The number of aryl methyl sites for hydroxylation is 3. The van der Waals surface area contributed by atoms with Gasteiger partial charge in [-0.2, -0.15) is 0 Å². The zero-order chi connectivity index (χ0) is 15.7. The van der Waals surface area contributed by atoms with Gasteiger partial charge >= 0.3 is 0 Å². The average Bonchev–Trinajstić information content (AvgIpc) is 2.51. The Hall–Kier alpha value is -2.48. The van der Waals surface area contributed by atoms with Gasteiger partial charge in [-0.25, -0.2) is 4.98 Å². The maximum atomic E-state index is 4.82. The second-order valence-corrected chi connectivity index (χ2v) is 5.78. The molecule has 0 aliphatic rings. The van der Waals surface area contributed by atoms with Crippen molar-refractivity contribution in [1.82, 2.24) is 4.98 Å². The minimum absolute atomic E-state index is 0.935. The third-order valence-corrected chi connectivity index (χ3v) is 4.01. The SMILES string of the molecule is CC(=Nc1c(C)cccc1C)c1ccc2cccc(C)c2n1. The molecule has 3 rings (SSSR count). The van der Waals surface area contributed by atoms with Gasteiger partial charge in [0.1, 0.15) is 0 Å². The molecule has 0 amide bonds. The van der Waals surface area contributed by atoms with E-state index in [0.717, 1.165) is 22.6 Å². The topological polar surface area (TPSA) is 25.2 Å².